The number of nitrogen functional groups attached to an aromatic ring is 1. The molecule has 100 valence electrons. The van der Waals surface area contributed by atoms with Gasteiger partial charge in [0.05, 0.1) is 11.7 Å². The highest BCUT2D eigenvalue weighted by Gasteiger charge is 2.27. The number of tetrazole rings is 1. The van der Waals surface area contributed by atoms with Crippen LogP contribution in [0.2, 0.25) is 0 Å². The number of nitrogens with one attached hydrogen (secondary N) is 1. The minimum Gasteiger partial charge on any atom is -0.288 e. The van der Waals surface area contributed by atoms with Crippen molar-refractivity contribution in [2.45, 2.75) is 29.8 Å². The van der Waals surface area contributed by atoms with Crippen LogP contribution in [0.5, 0.6) is 0 Å². The number of hydrogen-bond donors (Lipinski definition) is 2. The summed E-state index contributed by atoms with van der Waals surface area (Å²) in [6.45, 7) is 0. The maximum Gasteiger partial charge on any atom is 0.294 e. The van der Waals surface area contributed by atoms with E-state index in [0.717, 1.165) is 23.7 Å². The molecule has 2 heterocycles. The third-order valence-corrected chi connectivity index (χ3v) is 4.44. The average molecular weight is 297 g/mol. The summed E-state index contributed by atoms with van der Waals surface area (Å²) >= 11 is 2.78. The molecule has 1 aliphatic rings. The van der Waals surface area contributed by atoms with Crippen molar-refractivity contribution in [2.75, 3.05) is 0 Å². The van der Waals surface area contributed by atoms with Crippen LogP contribution in [0.15, 0.2) is 10.5 Å². The predicted octanol–water partition coefficient (Wildman–Crippen LogP) is 0.360. The van der Waals surface area contributed by atoms with Crippen LogP contribution < -0.4 is 11.3 Å². The van der Waals surface area contributed by atoms with Crippen molar-refractivity contribution < 1.29 is 4.79 Å². The number of amides is 1. The van der Waals surface area contributed by atoms with Crippen LogP contribution in [0.25, 0.3) is 0 Å². The Balaban J connectivity index is 1.64. The zero-order valence-corrected chi connectivity index (χ0v) is 11.4. The molecule has 1 fully saturated rings. The number of hydrazine groups is 1. The van der Waals surface area contributed by atoms with Gasteiger partial charge in [-0.3, -0.25) is 10.2 Å². The molecule has 2 aromatic heterocycles. The maximum atomic E-state index is 11.3. The minimum absolute atomic E-state index is 0.361. The van der Waals surface area contributed by atoms with Gasteiger partial charge in [0, 0.05) is 11.1 Å². The summed E-state index contributed by atoms with van der Waals surface area (Å²) in [7, 11) is 0. The Morgan fingerprint density at radius 3 is 3.21 bits per heavy atom. The summed E-state index contributed by atoms with van der Waals surface area (Å²) in [5, 5.41) is 14.6. The van der Waals surface area contributed by atoms with Gasteiger partial charge in [-0.1, -0.05) is 11.8 Å². The molecule has 0 radical (unpaired) electrons. The molecule has 1 aliphatic carbocycles. The lowest BCUT2D eigenvalue weighted by atomic mass is 10.5. The topological polar surface area (TPSA) is 112 Å². The van der Waals surface area contributed by atoms with Crippen molar-refractivity contribution in [1.82, 2.24) is 30.6 Å². The number of carbonyl (C=O) groups is 1. The fraction of sp³-hybridized carbons (Fsp3) is 0.444. The Morgan fingerprint density at radius 2 is 2.47 bits per heavy atom. The Bertz CT molecular complexity index is 591. The number of nitrogens with zero attached hydrogens (tertiary/aromatic N) is 5. The Kier molecular flexibility index (Phi) is 3.44. The SMILES string of the molecule is NNC(=O)c1nc(CSc2nnnn2C2CC2)cs1. The number of nitrogens with two attached hydrogens (primary N) is 1. The van der Waals surface area contributed by atoms with Crippen LogP contribution in [-0.4, -0.2) is 31.1 Å². The third-order valence-electron chi connectivity index (χ3n) is 2.58. The number of aromatic nitrogens is 5. The molecule has 0 bridgehead atoms. The van der Waals surface area contributed by atoms with E-state index in [1.54, 1.807) is 0 Å². The molecule has 0 aliphatic heterocycles. The van der Waals surface area contributed by atoms with E-state index in [4.69, 9.17) is 5.84 Å². The first-order valence-corrected chi connectivity index (χ1v) is 7.50. The highest BCUT2D eigenvalue weighted by molar-refractivity contribution is 7.98. The fourth-order valence-electron chi connectivity index (χ4n) is 1.51. The first-order chi connectivity index (χ1) is 9.28. The van der Waals surface area contributed by atoms with E-state index in [-0.39, 0.29) is 5.91 Å². The van der Waals surface area contributed by atoms with E-state index in [1.165, 1.54) is 23.1 Å². The van der Waals surface area contributed by atoms with Gasteiger partial charge in [-0.25, -0.2) is 15.5 Å². The molecule has 0 spiro atoms. The number of rotatable bonds is 5. The molecule has 10 heteroatoms. The second-order valence-corrected chi connectivity index (χ2v) is 5.84. The van der Waals surface area contributed by atoms with E-state index < -0.39 is 0 Å². The molecule has 8 nitrogen and oxygen atoms in total. The molecule has 3 rings (SSSR count). The number of thioether (sulfide) groups is 1. The Morgan fingerprint density at radius 1 is 1.63 bits per heavy atom. The van der Waals surface area contributed by atoms with Gasteiger partial charge in [0.1, 0.15) is 0 Å². The average Bonchev–Trinajstić information content (AvgIpc) is 2.99. The lowest BCUT2D eigenvalue weighted by Crippen LogP contribution is -2.29. The van der Waals surface area contributed by atoms with E-state index in [9.17, 15) is 4.79 Å². The van der Waals surface area contributed by atoms with Gasteiger partial charge in [-0.2, -0.15) is 0 Å². The van der Waals surface area contributed by atoms with Crippen molar-refractivity contribution >= 4 is 29.0 Å². The highest BCUT2D eigenvalue weighted by atomic mass is 32.2. The molecular weight excluding hydrogens is 286 g/mol. The molecule has 0 saturated heterocycles. The molecule has 3 N–H and O–H groups in total. The predicted molar refractivity (Wildman–Crippen MR) is 69.4 cm³/mol. The summed E-state index contributed by atoms with van der Waals surface area (Å²) in [5.41, 5.74) is 2.88. The lowest BCUT2D eigenvalue weighted by molar-refractivity contribution is 0.0953. The number of carbonyl (C=O) groups excluding carboxylic acids is 1. The Hall–Kier alpha value is -1.52. The fourth-order valence-corrected chi connectivity index (χ4v) is 3.17. The standard InChI is InChI=1S/C9H11N7OS2/c10-12-7(17)8-11-5(3-18-8)4-19-9-13-14-15-16(9)6-1-2-6/h3,6H,1-2,4,10H2,(H,12,17). The van der Waals surface area contributed by atoms with Gasteiger partial charge in [0.2, 0.25) is 5.16 Å². The monoisotopic (exact) mass is 297 g/mol. The smallest absolute Gasteiger partial charge is 0.288 e. The largest absolute Gasteiger partial charge is 0.294 e. The zero-order chi connectivity index (χ0) is 13.2. The van der Waals surface area contributed by atoms with E-state index in [0.29, 0.717) is 16.8 Å². The van der Waals surface area contributed by atoms with Crippen molar-refractivity contribution in [2.24, 2.45) is 5.84 Å². The molecule has 19 heavy (non-hydrogen) atoms. The van der Waals surface area contributed by atoms with Gasteiger partial charge in [0.25, 0.3) is 5.91 Å². The van der Waals surface area contributed by atoms with Crippen LogP contribution in [0.3, 0.4) is 0 Å². The van der Waals surface area contributed by atoms with Crippen LogP contribution >= 0.6 is 23.1 Å². The molecule has 0 unspecified atom stereocenters. The lowest BCUT2D eigenvalue weighted by Gasteiger charge is -2.00. The van der Waals surface area contributed by atoms with Crippen molar-refractivity contribution in [3.05, 3.63) is 16.1 Å². The van der Waals surface area contributed by atoms with Gasteiger partial charge in [-0.15, -0.1) is 16.4 Å². The first kappa shape index (κ1) is 12.5. The van der Waals surface area contributed by atoms with Gasteiger partial charge < -0.3 is 0 Å². The maximum absolute atomic E-state index is 11.3. The van der Waals surface area contributed by atoms with Crippen molar-refractivity contribution in [3.63, 3.8) is 0 Å². The molecule has 1 saturated carbocycles. The quantitative estimate of drug-likeness (QED) is 0.354. The summed E-state index contributed by atoms with van der Waals surface area (Å²) < 4.78 is 1.85. The van der Waals surface area contributed by atoms with E-state index in [2.05, 4.69) is 25.9 Å². The molecular formula is C9H11N7OS2. The normalized spacial score (nSPS) is 14.6. The highest BCUT2D eigenvalue weighted by Crippen LogP contribution is 2.36. The van der Waals surface area contributed by atoms with Crippen LogP contribution in [-0.2, 0) is 5.75 Å². The summed E-state index contributed by atoms with van der Waals surface area (Å²) in [6.07, 6.45) is 2.27. The van der Waals surface area contributed by atoms with E-state index >= 15 is 0 Å². The molecule has 0 aromatic carbocycles. The second kappa shape index (κ2) is 5.23. The van der Waals surface area contributed by atoms with E-state index in [1.807, 2.05) is 10.1 Å². The summed E-state index contributed by atoms with van der Waals surface area (Å²) in [4.78, 5) is 15.5. The van der Waals surface area contributed by atoms with Crippen molar-refractivity contribution in [1.29, 1.82) is 0 Å². The van der Waals surface area contributed by atoms with Gasteiger partial charge in [-0.05, 0) is 23.3 Å². The zero-order valence-electron chi connectivity index (χ0n) is 9.81. The summed E-state index contributed by atoms with van der Waals surface area (Å²) in [6, 6.07) is 0.450. The Labute approximate surface area is 116 Å². The van der Waals surface area contributed by atoms with Gasteiger partial charge >= 0.3 is 0 Å². The molecule has 1 amide bonds. The first-order valence-electron chi connectivity index (χ1n) is 5.64. The second-order valence-electron chi connectivity index (χ2n) is 4.04. The van der Waals surface area contributed by atoms with Gasteiger partial charge in [0.15, 0.2) is 5.01 Å². The third kappa shape index (κ3) is 2.74. The summed E-state index contributed by atoms with van der Waals surface area (Å²) in [5.74, 6) is 5.31. The van der Waals surface area contributed by atoms with Crippen LogP contribution in [0, 0.1) is 0 Å². The molecule has 2 aromatic rings. The molecule has 0 atom stereocenters. The van der Waals surface area contributed by atoms with Crippen LogP contribution in [0.1, 0.15) is 34.4 Å². The number of thiazole rings is 1. The van der Waals surface area contributed by atoms with Crippen molar-refractivity contribution in [3.8, 4) is 0 Å². The van der Waals surface area contributed by atoms with Crippen LogP contribution in [0.4, 0.5) is 0 Å². The minimum atomic E-state index is -0.371. The number of hydrogen-bond acceptors (Lipinski definition) is 8.